The summed E-state index contributed by atoms with van der Waals surface area (Å²) >= 11 is 0. The molecule has 1 aromatic heterocycles. The first-order valence-electron chi connectivity index (χ1n) is 6.42. The highest BCUT2D eigenvalue weighted by molar-refractivity contribution is 5.88. The normalized spacial score (nSPS) is 13.1. The van der Waals surface area contributed by atoms with Gasteiger partial charge in [-0.05, 0) is 18.6 Å². The Bertz CT molecular complexity index is 452. The second-order valence-electron chi connectivity index (χ2n) is 5.62. The lowest BCUT2D eigenvalue weighted by atomic mass is 9.91. The highest BCUT2D eigenvalue weighted by Gasteiger charge is 2.19. The zero-order valence-electron chi connectivity index (χ0n) is 11.9. The van der Waals surface area contributed by atoms with E-state index in [0.717, 1.165) is 0 Å². The fourth-order valence-corrected chi connectivity index (χ4v) is 1.50. The minimum absolute atomic E-state index is 0.202. The lowest BCUT2D eigenvalue weighted by Gasteiger charge is -2.20. The first kappa shape index (κ1) is 15.4. The molecule has 106 valence electrons. The van der Waals surface area contributed by atoms with E-state index in [-0.39, 0.29) is 11.0 Å². The SMILES string of the molecule is CCC(O)CNc1cc(C(=O)O)cc(C(C)(C)C)n1. The van der Waals surface area contributed by atoms with Crippen LogP contribution in [0.5, 0.6) is 0 Å². The number of pyridine rings is 1. The lowest BCUT2D eigenvalue weighted by molar-refractivity contribution is 0.0696. The Kier molecular flexibility index (Phi) is 4.89. The number of hydrogen-bond acceptors (Lipinski definition) is 4. The number of aromatic nitrogens is 1. The molecule has 0 aliphatic carbocycles. The first-order valence-corrected chi connectivity index (χ1v) is 6.42. The van der Waals surface area contributed by atoms with Gasteiger partial charge in [-0.1, -0.05) is 27.7 Å². The Morgan fingerprint density at radius 3 is 2.53 bits per heavy atom. The minimum atomic E-state index is -0.980. The summed E-state index contributed by atoms with van der Waals surface area (Å²) < 4.78 is 0. The first-order chi connectivity index (χ1) is 8.74. The molecule has 0 bridgehead atoms. The van der Waals surface area contributed by atoms with Gasteiger partial charge in [-0.2, -0.15) is 0 Å². The molecule has 1 heterocycles. The maximum Gasteiger partial charge on any atom is 0.335 e. The third-order valence-corrected chi connectivity index (χ3v) is 2.83. The summed E-state index contributed by atoms with van der Waals surface area (Å²) in [6.07, 6.45) is 0.172. The zero-order chi connectivity index (χ0) is 14.6. The van der Waals surface area contributed by atoms with Crippen molar-refractivity contribution in [3.05, 3.63) is 23.4 Å². The van der Waals surface area contributed by atoms with Gasteiger partial charge in [-0.25, -0.2) is 9.78 Å². The number of nitrogens with zero attached hydrogens (tertiary/aromatic N) is 1. The topological polar surface area (TPSA) is 82.5 Å². The van der Waals surface area contributed by atoms with Crippen molar-refractivity contribution in [2.75, 3.05) is 11.9 Å². The van der Waals surface area contributed by atoms with E-state index < -0.39 is 12.1 Å². The molecule has 19 heavy (non-hydrogen) atoms. The number of aliphatic hydroxyl groups is 1. The summed E-state index contributed by atoms with van der Waals surface area (Å²) in [6.45, 7) is 8.17. The molecule has 0 aliphatic heterocycles. The van der Waals surface area contributed by atoms with Crippen LogP contribution in [0.25, 0.3) is 0 Å². The van der Waals surface area contributed by atoms with Crippen LogP contribution >= 0.6 is 0 Å². The molecule has 0 spiro atoms. The minimum Gasteiger partial charge on any atom is -0.478 e. The van der Waals surface area contributed by atoms with Crippen LogP contribution in [0.15, 0.2) is 12.1 Å². The average molecular weight is 266 g/mol. The van der Waals surface area contributed by atoms with Crippen molar-refractivity contribution in [3.63, 3.8) is 0 Å². The number of nitrogens with one attached hydrogen (secondary N) is 1. The Morgan fingerprint density at radius 2 is 2.05 bits per heavy atom. The Balaban J connectivity index is 3.03. The van der Waals surface area contributed by atoms with Crippen LogP contribution in [0.2, 0.25) is 0 Å². The van der Waals surface area contributed by atoms with Gasteiger partial charge in [0.15, 0.2) is 0 Å². The van der Waals surface area contributed by atoms with Gasteiger partial charge >= 0.3 is 5.97 Å². The number of carbonyl (C=O) groups is 1. The van der Waals surface area contributed by atoms with Crippen LogP contribution in [-0.4, -0.2) is 33.8 Å². The van der Waals surface area contributed by atoms with E-state index in [4.69, 9.17) is 5.11 Å². The molecule has 1 aromatic rings. The molecular weight excluding hydrogens is 244 g/mol. The monoisotopic (exact) mass is 266 g/mol. The number of carboxylic acids is 1. The fraction of sp³-hybridized carbons (Fsp3) is 0.571. The molecule has 0 amide bonds. The van der Waals surface area contributed by atoms with Crippen molar-refractivity contribution >= 4 is 11.8 Å². The van der Waals surface area contributed by atoms with E-state index in [0.29, 0.717) is 24.5 Å². The van der Waals surface area contributed by atoms with Gasteiger partial charge in [0.05, 0.1) is 11.7 Å². The molecule has 0 aliphatic rings. The van der Waals surface area contributed by atoms with Crippen molar-refractivity contribution in [1.29, 1.82) is 0 Å². The molecule has 5 nitrogen and oxygen atoms in total. The summed E-state index contributed by atoms with van der Waals surface area (Å²) in [6, 6.07) is 3.07. The van der Waals surface area contributed by atoms with Gasteiger partial charge in [0.2, 0.25) is 0 Å². The summed E-state index contributed by atoms with van der Waals surface area (Å²) in [7, 11) is 0. The summed E-state index contributed by atoms with van der Waals surface area (Å²) in [5, 5.41) is 21.6. The van der Waals surface area contributed by atoms with Gasteiger partial charge in [-0.3, -0.25) is 0 Å². The molecule has 0 saturated heterocycles. The maximum atomic E-state index is 11.1. The average Bonchev–Trinajstić information content (AvgIpc) is 2.34. The van der Waals surface area contributed by atoms with Crippen molar-refractivity contribution in [3.8, 4) is 0 Å². The molecule has 5 heteroatoms. The molecule has 3 N–H and O–H groups in total. The van der Waals surface area contributed by atoms with Gasteiger partial charge < -0.3 is 15.5 Å². The van der Waals surface area contributed by atoms with E-state index in [1.54, 1.807) is 6.07 Å². The number of carboxylic acid groups (broad SMARTS) is 1. The Hall–Kier alpha value is -1.62. The van der Waals surface area contributed by atoms with E-state index >= 15 is 0 Å². The summed E-state index contributed by atoms with van der Waals surface area (Å²) in [5.41, 5.74) is 0.680. The van der Waals surface area contributed by atoms with Gasteiger partial charge in [0.25, 0.3) is 0 Å². The summed E-state index contributed by atoms with van der Waals surface area (Å²) in [4.78, 5) is 15.5. The maximum absolute atomic E-state index is 11.1. The molecule has 1 rings (SSSR count). The number of aromatic carboxylic acids is 1. The molecule has 1 atom stereocenters. The van der Waals surface area contributed by atoms with E-state index in [2.05, 4.69) is 10.3 Å². The largest absolute Gasteiger partial charge is 0.478 e. The van der Waals surface area contributed by atoms with Crippen LogP contribution in [0, 0.1) is 0 Å². The van der Waals surface area contributed by atoms with Gasteiger partial charge in [-0.15, -0.1) is 0 Å². The van der Waals surface area contributed by atoms with Crippen molar-refractivity contribution in [2.45, 2.75) is 45.6 Å². The fourth-order valence-electron chi connectivity index (χ4n) is 1.50. The third-order valence-electron chi connectivity index (χ3n) is 2.83. The molecular formula is C14H22N2O3. The van der Waals surface area contributed by atoms with Gasteiger partial charge in [0, 0.05) is 17.7 Å². The lowest BCUT2D eigenvalue weighted by Crippen LogP contribution is -2.21. The second-order valence-corrected chi connectivity index (χ2v) is 5.62. The molecule has 0 radical (unpaired) electrons. The van der Waals surface area contributed by atoms with Crippen LogP contribution < -0.4 is 5.32 Å². The highest BCUT2D eigenvalue weighted by atomic mass is 16.4. The van der Waals surface area contributed by atoms with E-state index in [1.165, 1.54) is 6.07 Å². The van der Waals surface area contributed by atoms with Crippen molar-refractivity contribution < 1.29 is 15.0 Å². The smallest absolute Gasteiger partial charge is 0.335 e. The Morgan fingerprint density at radius 1 is 1.42 bits per heavy atom. The number of anilines is 1. The van der Waals surface area contributed by atoms with Crippen LogP contribution in [-0.2, 0) is 5.41 Å². The standard InChI is InChI=1S/C14H22N2O3/c1-5-10(17)8-15-12-7-9(13(18)19)6-11(16-12)14(2,3)4/h6-7,10,17H,5,8H2,1-4H3,(H,15,16)(H,18,19). The van der Waals surface area contributed by atoms with Crippen LogP contribution in [0.4, 0.5) is 5.82 Å². The van der Waals surface area contributed by atoms with Gasteiger partial charge in [0.1, 0.15) is 5.82 Å². The van der Waals surface area contributed by atoms with E-state index in [1.807, 2.05) is 27.7 Å². The quantitative estimate of drug-likeness (QED) is 0.761. The number of rotatable bonds is 5. The molecule has 1 unspecified atom stereocenters. The predicted molar refractivity (Wildman–Crippen MR) is 74.7 cm³/mol. The van der Waals surface area contributed by atoms with Crippen LogP contribution in [0.3, 0.4) is 0 Å². The van der Waals surface area contributed by atoms with Crippen molar-refractivity contribution in [2.24, 2.45) is 0 Å². The molecule has 0 saturated carbocycles. The van der Waals surface area contributed by atoms with Crippen molar-refractivity contribution in [1.82, 2.24) is 4.98 Å². The van der Waals surface area contributed by atoms with E-state index in [9.17, 15) is 9.90 Å². The number of aliphatic hydroxyl groups excluding tert-OH is 1. The predicted octanol–water partition coefficient (Wildman–Crippen LogP) is 2.26. The highest BCUT2D eigenvalue weighted by Crippen LogP contribution is 2.23. The molecule has 0 aromatic carbocycles. The number of hydrogen-bond donors (Lipinski definition) is 3. The zero-order valence-corrected chi connectivity index (χ0v) is 11.9. The molecule has 0 fully saturated rings. The van der Waals surface area contributed by atoms with Crippen LogP contribution in [0.1, 0.15) is 50.2 Å². The third kappa shape index (κ3) is 4.52. The Labute approximate surface area is 113 Å². The second kappa shape index (κ2) is 6.02. The summed E-state index contributed by atoms with van der Waals surface area (Å²) in [5.74, 6) is -0.496.